The molecule has 4 bridgehead atoms. The lowest BCUT2D eigenvalue weighted by atomic mass is 9.53. The van der Waals surface area contributed by atoms with Crippen LogP contribution in [0.1, 0.15) is 55.5 Å². The normalized spacial score (nSPS) is 34.7. The molecule has 1 aromatic rings. The molecule has 0 unspecified atom stereocenters. The molecule has 2 N–H and O–H groups in total. The average Bonchev–Trinajstić information content (AvgIpc) is 2.68. The van der Waals surface area contributed by atoms with Crippen molar-refractivity contribution in [2.45, 2.75) is 64.5 Å². The number of aryl methyl sites for hydroxylation is 2. The summed E-state index contributed by atoms with van der Waals surface area (Å²) in [5.41, 5.74) is 3.34. The minimum atomic E-state index is -0.00500. The van der Waals surface area contributed by atoms with Crippen LogP contribution in [0.3, 0.4) is 0 Å². The van der Waals surface area contributed by atoms with E-state index in [-0.39, 0.29) is 11.6 Å². The van der Waals surface area contributed by atoms with Gasteiger partial charge >= 0.3 is 6.03 Å². The van der Waals surface area contributed by atoms with E-state index >= 15 is 0 Å². The highest BCUT2D eigenvalue weighted by Gasteiger charge is 2.51. The van der Waals surface area contributed by atoms with Crippen molar-refractivity contribution in [3.05, 3.63) is 17.0 Å². The van der Waals surface area contributed by atoms with Crippen molar-refractivity contribution >= 4 is 6.03 Å². The second-order valence-corrected chi connectivity index (χ2v) is 8.28. The number of aromatic nitrogens is 2. The molecule has 23 heavy (non-hydrogen) atoms. The maximum atomic E-state index is 12.5. The van der Waals surface area contributed by atoms with E-state index in [2.05, 4.69) is 15.7 Å². The van der Waals surface area contributed by atoms with Gasteiger partial charge in [0.25, 0.3) is 0 Å². The highest BCUT2D eigenvalue weighted by Crippen LogP contribution is 2.55. The maximum absolute atomic E-state index is 12.5. The Hall–Kier alpha value is -1.52. The molecular formula is C18H28N4O. The summed E-state index contributed by atoms with van der Waals surface area (Å²) in [6.45, 7) is 4.61. The van der Waals surface area contributed by atoms with Gasteiger partial charge in [0.2, 0.25) is 0 Å². The molecule has 0 saturated heterocycles. The van der Waals surface area contributed by atoms with Crippen LogP contribution < -0.4 is 10.6 Å². The number of amides is 2. The van der Waals surface area contributed by atoms with Gasteiger partial charge in [-0.15, -0.1) is 0 Å². The fraction of sp³-hybridized carbons (Fsp3) is 0.778. The molecule has 0 radical (unpaired) electrons. The van der Waals surface area contributed by atoms with Gasteiger partial charge in [-0.05, 0) is 70.1 Å². The van der Waals surface area contributed by atoms with E-state index in [1.807, 2.05) is 25.6 Å². The topological polar surface area (TPSA) is 59.0 Å². The lowest BCUT2D eigenvalue weighted by Gasteiger charge is -2.56. The first-order valence-corrected chi connectivity index (χ1v) is 8.99. The predicted molar refractivity (Wildman–Crippen MR) is 89.0 cm³/mol. The summed E-state index contributed by atoms with van der Waals surface area (Å²) >= 11 is 0. The van der Waals surface area contributed by atoms with Gasteiger partial charge in [-0.3, -0.25) is 4.68 Å². The Morgan fingerprint density at radius 3 is 2.22 bits per heavy atom. The summed E-state index contributed by atoms with van der Waals surface area (Å²) in [7, 11) is 1.95. The Morgan fingerprint density at radius 1 is 1.17 bits per heavy atom. The number of nitrogens with zero attached hydrogens (tertiary/aromatic N) is 2. The zero-order valence-corrected chi connectivity index (χ0v) is 14.5. The van der Waals surface area contributed by atoms with E-state index in [1.54, 1.807) is 0 Å². The molecule has 2 amide bonds. The fourth-order valence-electron chi connectivity index (χ4n) is 5.79. The molecule has 4 saturated carbocycles. The van der Waals surface area contributed by atoms with Gasteiger partial charge in [-0.25, -0.2) is 4.79 Å². The fourth-order valence-corrected chi connectivity index (χ4v) is 5.79. The molecule has 1 aromatic heterocycles. The first-order valence-electron chi connectivity index (χ1n) is 8.99. The highest BCUT2D eigenvalue weighted by molar-refractivity contribution is 5.75. The quantitative estimate of drug-likeness (QED) is 0.901. The molecule has 4 fully saturated rings. The van der Waals surface area contributed by atoms with Crippen molar-refractivity contribution in [3.8, 4) is 0 Å². The van der Waals surface area contributed by atoms with Gasteiger partial charge in [0.15, 0.2) is 0 Å². The van der Waals surface area contributed by atoms with Crippen molar-refractivity contribution < 1.29 is 4.79 Å². The van der Waals surface area contributed by atoms with Crippen molar-refractivity contribution in [2.75, 3.05) is 0 Å². The Labute approximate surface area is 138 Å². The highest BCUT2D eigenvalue weighted by atomic mass is 16.2. The molecule has 5 nitrogen and oxygen atoms in total. The third kappa shape index (κ3) is 2.64. The summed E-state index contributed by atoms with van der Waals surface area (Å²) in [5, 5.41) is 10.8. The number of carbonyl (C=O) groups is 1. The van der Waals surface area contributed by atoms with Crippen LogP contribution in [-0.2, 0) is 13.6 Å². The summed E-state index contributed by atoms with van der Waals surface area (Å²) in [5.74, 6) is 2.55. The van der Waals surface area contributed by atoms with Crippen molar-refractivity contribution in [2.24, 2.45) is 24.8 Å². The van der Waals surface area contributed by atoms with Crippen LogP contribution in [0.4, 0.5) is 4.79 Å². The molecule has 0 spiro atoms. The minimum Gasteiger partial charge on any atom is -0.334 e. The van der Waals surface area contributed by atoms with Crippen LogP contribution in [0, 0.1) is 31.6 Å². The third-order valence-corrected chi connectivity index (χ3v) is 6.50. The zero-order valence-electron chi connectivity index (χ0n) is 14.5. The minimum absolute atomic E-state index is 0.00500. The van der Waals surface area contributed by atoms with E-state index in [0.717, 1.165) is 34.7 Å². The lowest BCUT2D eigenvalue weighted by Crippen LogP contribution is -2.61. The van der Waals surface area contributed by atoms with E-state index in [4.69, 9.17) is 0 Å². The molecule has 126 valence electrons. The number of carbonyl (C=O) groups excluding carboxylic acids is 1. The summed E-state index contributed by atoms with van der Waals surface area (Å²) < 4.78 is 1.88. The van der Waals surface area contributed by atoms with Crippen LogP contribution >= 0.6 is 0 Å². The maximum Gasteiger partial charge on any atom is 0.315 e. The number of hydrogen-bond acceptors (Lipinski definition) is 2. The Morgan fingerprint density at radius 2 is 1.74 bits per heavy atom. The third-order valence-electron chi connectivity index (χ3n) is 6.50. The van der Waals surface area contributed by atoms with E-state index in [0.29, 0.717) is 6.54 Å². The Kier molecular flexibility index (Phi) is 3.43. The predicted octanol–water partition coefficient (Wildman–Crippen LogP) is 2.80. The lowest BCUT2D eigenvalue weighted by molar-refractivity contribution is -0.0135. The van der Waals surface area contributed by atoms with Crippen LogP contribution in [-0.4, -0.2) is 21.4 Å². The Bertz CT molecular complexity index is 598. The molecule has 4 aliphatic rings. The van der Waals surface area contributed by atoms with Gasteiger partial charge in [0.05, 0.1) is 5.69 Å². The van der Waals surface area contributed by atoms with Gasteiger partial charge < -0.3 is 10.6 Å². The van der Waals surface area contributed by atoms with Crippen LogP contribution in [0.5, 0.6) is 0 Å². The summed E-state index contributed by atoms with van der Waals surface area (Å²) in [6, 6.07) is -0.00500. The zero-order chi connectivity index (χ0) is 16.2. The molecular weight excluding hydrogens is 288 g/mol. The van der Waals surface area contributed by atoms with Crippen molar-refractivity contribution in [1.82, 2.24) is 20.4 Å². The average molecular weight is 316 g/mol. The smallest absolute Gasteiger partial charge is 0.315 e. The second kappa shape index (κ2) is 5.25. The van der Waals surface area contributed by atoms with Crippen molar-refractivity contribution in [1.29, 1.82) is 0 Å². The van der Waals surface area contributed by atoms with Gasteiger partial charge in [0, 0.05) is 30.4 Å². The van der Waals surface area contributed by atoms with Crippen LogP contribution in [0.25, 0.3) is 0 Å². The van der Waals surface area contributed by atoms with Crippen molar-refractivity contribution in [3.63, 3.8) is 0 Å². The number of rotatable bonds is 3. The number of urea groups is 1. The van der Waals surface area contributed by atoms with Gasteiger partial charge in [0.1, 0.15) is 0 Å². The molecule has 0 aliphatic heterocycles. The molecule has 0 atom stereocenters. The molecule has 4 aliphatic carbocycles. The van der Waals surface area contributed by atoms with Gasteiger partial charge in [-0.1, -0.05) is 0 Å². The molecule has 1 heterocycles. The van der Waals surface area contributed by atoms with Gasteiger partial charge in [-0.2, -0.15) is 5.10 Å². The molecule has 0 aromatic carbocycles. The largest absolute Gasteiger partial charge is 0.334 e. The molecule has 5 rings (SSSR count). The first-order chi connectivity index (χ1) is 10.9. The Balaban J connectivity index is 1.39. The van der Waals surface area contributed by atoms with E-state index in [9.17, 15) is 4.79 Å². The second-order valence-electron chi connectivity index (χ2n) is 8.28. The SMILES string of the molecule is Cc1nn(C)c(C)c1CNC(=O)NC12CC3CC(CC(C3)C1)C2. The van der Waals surface area contributed by atoms with Crippen LogP contribution in [0.2, 0.25) is 0 Å². The number of hydrogen-bond donors (Lipinski definition) is 2. The first kappa shape index (κ1) is 15.0. The van der Waals surface area contributed by atoms with Crippen LogP contribution in [0.15, 0.2) is 0 Å². The summed E-state index contributed by atoms with van der Waals surface area (Å²) in [6.07, 6.45) is 7.77. The number of nitrogens with one attached hydrogen (secondary N) is 2. The van der Waals surface area contributed by atoms with E-state index < -0.39 is 0 Å². The van der Waals surface area contributed by atoms with E-state index in [1.165, 1.54) is 38.5 Å². The molecule has 5 heteroatoms. The summed E-state index contributed by atoms with van der Waals surface area (Å²) in [4.78, 5) is 12.5. The standard InChI is InChI=1S/C18H28N4O/c1-11-16(12(2)22(3)21-11)10-19-17(23)20-18-7-13-4-14(8-18)6-15(5-13)9-18/h13-15H,4-10H2,1-3H3,(H2,19,20,23). The monoisotopic (exact) mass is 316 g/mol.